The maximum Gasteiger partial charge on any atom is 0.328 e. The minimum Gasteiger partial charge on any atom is -0.480 e. The largest absolute Gasteiger partial charge is 0.480 e. The van der Waals surface area contributed by atoms with Crippen LogP contribution in [0, 0.1) is 0 Å². The average Bonchev–Trinajstić information content (AvgIpc) is 2.29. The maximum atomic E-state index is 11.4. The molecule has 1 aromatic rings. The van der Waals surface area contributed by atoms with Gasteiger partial charge in [0.2, 0.25) is 0 Å². The number of aromatic nitrogens is 1. The molecule has 1 aromatic heterocycles. The van der Waals surface area contributed by atoms with Gasteiger partial charge in [-0.05, 0) is 27.1 Å². The van der Waals surface area contributed by atoms with Gasteiger partial charge in [0.25, 0.3) is 0 Å². The second kappa shape index (κ2) is 5.75. The van der Waals surface area contributed by atoms with E-state index in [2.05, 4.69) is 10.3 Å². The molecule has 0 fully saturated rings. The quantitative estimate of drug-likeness (QED) is 0.755. The molecule has 0 bridgehead atoms. The van der Waals surface area contributed by atoms with Crippen molar-refractivity contribution in [2.75, 3.05) is 27.2 Å². The molecule has 0 radical (unpaired) electrons. The summed E-state index contributed by atoms with van der Waals surface area (Å²) in [4.78, 5) is 17.4. The molecule has 1 rings (SSSR count). The third-order valence-corrected chi connectivity index (χ3v) is 2.70. The Balaban J connectivity index is 2.80. The smallest absolute Gasteiger partial charge is 0.328 e. The predicted molar refractivity (Wildman–Crippen MR) is 65.8 cm³/mol. The average molecular weight is 237 g/mol. The van der Waals surface area contributed by atoms with Crippen molar-refractivity contribution < 1.29 is 9.90 Å². The second-order valence-corrected chi connectivity index (χ2v) is 4.40. The Hall–Kier alpha value is -1.46. The number of nitrogens with zero attached hydrogens (tertiary/aromatic N) is 2. The van der Waals surface area contributed by atoms with Crippen LogP contribution in [0.5, 0.6) is 0 Å². The fraction of sp³-hybridized carbons (Fsp3) is 0.500. The van der Waals surface area contributed by atoms with Crippen LogP contribution in [0.25, 0.3) is 0 Å². The van der Waals surface area contributed by atoms with Crippen molar-refractivity contribution in [1.82, 2.24) is 15.2 Å². The monoisotopic (exact) mass is 237 g/mol. The zero-order chi connectivity index (χ0) is 12.9. The first-order valence-corrected chi connectivity index (χ1v) is 5.50. The zero-order valence-corrected chi connectivity index (χ0v) is 10.5. The van der Waals surface area contributed by atoms with E-state index >= 15 is 0 Å². The summed E-state index contributed by atoms with van der Waals surface area (Å²) >= 11 is 0. The Morgan fingerprint density at radius 3 is 2.76 bits per heavy atom. The summed E-state index contributed by atoms with van der Waals surface area (Å²) in [5, 5.41) is 12.4. The molecule has 5 nitrogen and oxygen atoms in total. The van der Waals surface area contributed by atoms with Crippen LogP contribution in [0.4, 0.5) is 0 Å². The molecule has 0 aliphatic carbocycles. The van der Waals surface area contributed by atoms with Gasteiger partial charge in [-0.2, -0.15) is 0 Å². The number of pyridine rings is 1. The van der Waals surface area contributed by atoms with Gasteiger partial charge in [-0.25, -0.2) is 4.79 Å². The summed E-state index contributed by atoms with van der Waals surface area (Å²) in [6.45, 7) is 3.04. The standard InChI is InChI=1S/C12H19N3O2/c1-12(11(16)17,14-7-8-15(2)3)10-5-4-6-13-9-10/h4-6,9,14H,7-8H2,1-3H3,(H,16,17). The molecule has 1 unspecified atom stereocenters. The van der Waals surface area contributed by atoms with E-state index in [9.17, 15) is 9.90 Å². The van der Waals surface area contributed by atoms with E-state index < -0.39 is 11.5 Å². The van der Waals surface area contributed by atoms with Crippen molar-refractivity contribution in [2.24, 2.45) is 0 Å². The second-order valence-electron chi connectivity index (χ2n) is 4.40. The molecule has 0 aliphatic heterocycles. The summed E-state index contributed by atoms with van der Waals surface area (Å²) in [6, 6.07) is 3.51. The highest BCUT2D eigenvalue weighted by atomic mass is 16.4. The summed E-state index contributed by atoms with van der Waals surface area (Å²) < 4.78 is 0. The van der Waals surface area contributed by atoms with Gasteiger partial charge in [0.15, 0.2) is 0 Å². The van der Waals surface area contributed by atoms with Crippen LogP contribution in [0.1, 0.15) is 12.5 Å². The summed E-state index contributed by atoms with van der Waals surface area (Å²) in [5.74, 6) is -0.899. The highest BCUT2D eigenvalue weighted by molar-refractivity contribution is 5.80. The van der Waals surface area contributed by atoms with Gasteiger partial charge in [0.1, 0.15) is 5.54 Å². The summed E-state index contributed by atoms with van der Waals surface area (Å²) in [7, 11) is 3.90. The van der Waals surface area contributed by atoms with Gasteiger partial charge in [0.05, 0.1) is 0 Å². The van der Waals surface area contributed by atoms with Crippen LogP contribution in [-0.2, 0) is 10.3 Å². The van der Waals surface area contributed by atoms with Crippen molar-refractivity contribution in [3.05, 3.63) is 30.1 Å². The minimum absolute atomic E-state index is 0.602. The number of nitrogens with one attached hydrogen (secondary N) is 1. The van der Waals surface area contributed by atoms with E-state index in [0.29, 0.717) is 12.1 Å². The van der Waals surface area contributed by atoms with E-state index in [4.69, 9.17) is 0 Å². The topological polar surface area (TPSA) is 65.5 Å². The molecule has 1 heterocycles. The lowest BCUT2D eigenvalue weighted by Crippen LogP contribution is -2.48. The Bertz CT molecular complexity index is 367. The van der Waals surface area contributed by atoms with Crippen molar-refractivity contribution in [3.63, 3.8) is 0 Å². The first-order valence-electron chi connectivity index (χ1n) is 5.50. The molecular formula is C12H19N3O2. The molecule has 0 spiro atoms. The number of carbonyl (C=O) groups is 1. The number of hydrogen-bond acceptors (Lipinski definition) is 4. The van der Waals surface area contributed by atoms with Crippen LogP contribution in [-0.4, -0.2) is 48.1 Å². The van der Waals surface area contributed by atoms with Crippen LogP contribution < -0.4 is 5.32 Å². The SMILES string of the molecule is CN(C)CCNC(C)(C(=O)O)c1cccnc1. The summed E-state index contributed by atoms with van der Waals surface area (Å²) in [6.07, 6.45) is 3.21. The van der Waals surface area contributed by atoms with Gasteiger partial charge in [0, 0.05) is 31.0 Å². The summed E-state index contributed by atoms with van der Waals surface area (Å²) in [5.41, 5.74) is -0.434. The normalized spacial score (nSPS) is 14.6. The van der Waals surface area contributed by atoms with Crippen molar-refractivity contribution >= 4 is 5.97 Å². The molecule has 0 saturated carbocycles. The Kier molecular flexibility index (Phi) is 4.60. The number of likely N-dealkylation sites (N-methyl/N-ethyl adjacent to an activating group) is 1. The van der Waals surface area contributed by atoms with Crippen molar-refractivity contribution in [3.8, 4) is 0 Å². The first kappa shape index (κ1) is 13.6. The molecule has 5 heteroatoms. The minimum atomic E-state index is -1.09. The van der Waals surface area contributed by atoms with Gasteiger partial charge in [-0.3, -0.25) is 10.3 Å². The zero-order valence-electron chi connectivity index (χ0n) is 10.5. The number of hydrogen-bond donors (Lipinski definition) is 2. The van der Waals surface area contributed by atoms with Crippen molar-refractivity contribution in [1.29, 1.82) is 0 Å². The van der Waals surface area contributed by atoms with Crippen molar-refractivity contribution in [2.45, 2.75) is 12.5 Å². The number of carboxylic acids is 1. The number of carboxylic acid groups (broad SMARTS) is 1. The number of aliphatic carboxylic acids is 1. The maximum absolute atomic E-state index is 11.4. The Morgan fingerprint density at radius 2 is 2.29 bits per heavy atom. The molecule has 2 N–H and O–H groups in total. The Morgan fingerprint density at radius 1 is 1.59 bits per heavy atom. The lowest BCUT2D eigenvalue weighted by molar-refractivity contribution is -0.144. The molecule has 1 atom stereocenters. The highest BCUT2D eigenvalue weighted by Crippen LogP contribution is 2.19. The van der Waals surface area contributed by atoms with Gasteiger partial charge < -0.3 is 10.0 Å². The first-order chi connectivity index (χ1) is 7.97. The molecule has 0 amide bonds. The van der Waals surface area contributed by atoms with Gasteiger partial charge in [-0.15, -0.1) is 0 Å². The predicted octanol–water partition coefficient (Wildman–Crippen LogP) is 0.533. The number of rotatable bonds is 6. The molecule has 0 aromatic carbocycles. The van der Waals surface area contributed by atoms with E-state index in [1.807, 2.05) is 19.0 Å². The van der Waals surface area contributed by atoms with E-state index in [1.165, 1.54) is 0 Å². The van der Waals surface area contributed by atoms with Gasteiger partial charge >= 0.3 is 5.97 Å². The molecule has 0 aliphatic rings. The lowest BCUT2D eigenvalue weighted by Gasteiger charge is -2.27. The van der Waals surface area contributed by atoms with Crippen LogP contribution in [0.2, 0.25) is 0 Å². The third kappa shape index (κ3) is 3.51. The third-order valence-electron chi connectivity index (χ3n) is 2.70. The van der Waals surface area contributed by atoms with E-state index in [1.54, 1.807) is 31.5 Å². The fourth-order valence-electron chi connectivity index (χ4n) is 1.49. The van der Waals surface area contributed by atoms with E-state index in [-0.39, 0.29) is 0 Å². The molecule has 17 heavy (non-hydrogen) atoms. The fourth-order valence-corrected chi connectivity index (χ4v) is 1.49. The van der Waals surface area contributed by atoms with Crippen LogP contribution in [0.3, 0.4) is 0 Å². The van der Waals surface area contributed by atoms with E-state index in [0.717, 1.165) is 6.54 Å². The Labute approximate surface area is 101 Å². The lowest BCUT2D eigenvalue weighted by atomic mass is 9.93. The van der Waals surface area contributed by atoms with Crippen LogP contribution in [0.15, 0.2) is 24.5 Å². The highest BCUT2D eigenvalue weighted by Gasteiger charge is 2.34. The molecule has 0 saturated heterocycles. The molecular weight excluding hydrogens is 218 g/mol. The molecule has 94 valence electrons. The van der Waals surface area contributed by atoms with Crippen LogP contribution >= 0.6 is 0 Å². The van der Waals surface area contributed by atoms with Gasteiger partial charge in [-0.1, -0.05) is 6.07 Å².